The first kappa shape index (κ1) is 24.2. The molecule has 0 unspecified atom stereocenters. The number of ketones is 1. The van der Waals surface area contributed by atoms with Crippen LogP contribution >= 0.6 is 0 Å². The van der Waals surface area contributed by atoms with Gasteiger partial charge in [0.25, 0.3) is 15.6 Å². The highest BCUT2D eigenvalue weighted by Crippen LogP contribution is 2.39. The monoisotopic (exact) mass is 487 g/mol. The lowest BCUT2D eigenvalue weighted by atomic mass is 10.0. The zero-order valence-electron chi connectivity index (χ0n) is 17.7. The maximum Gasteiger partial charge on any atom is 0.417 e. The Morgan fingerprint density at radius 1 is 1.24 bits per heavy atom. The second-order valence-corrected chi connectivity index (χ2v) is 9.21. The van der Waals surface area contributed by atoms with E-state index in [4.69, 9.17) is 0 Å². The van der Waals surface area contributed by atoms with E-state index in [1.54, 1.807) is 18.7 Å². The van der Waals surface area contributed by atoms with Gasteiger partial charge >= 0.3 is 11.9 Å². The SMILES string of the molecule is CCC(=O)CS(=O)(=O)Nn1c(=O)[nH]c2cc(C(F)(F)F)c(-c3ccnn3C(C)C)cc2c1=O. The van der Waals surface area contributed by atoms with E-state index in [1.807, 2.05) is 0 Å². The fraction of sp³-hybridized carbons (Fsp3) is 0.368. The van der Waals surface area contributed by atoms with Crippen molar-refractivity contribution in [3.05, 3.63) is 50.8 Å². The quantitative estimate of drug-likeness (QED) is 0.523. The normalized spacial score (nSPS) is 12.5. The third-order valence-electron chi connectivity index (χ3n) is 4.75. The first-order valence-corrected chi connectivity index (χ1v) is 11.4. The summed E-state index contributed by atoms with van der Waals surface area (Å²) in [5.74, 6) is -1.63. The molecular formula is C19H20F3N5O5S. The topological polar surface area (TPSA) is 136 Å². The van der Waals surface area contributed by atoms with Gasteiger partial charge in [0, 0.05) is 24.2 Å². The van der Waals surface area contributed by atoms with Crippen molar-refractivity contribution in [2.45, 2.75) is 39.4 Å². The van der Waals surface area contributed by atoms with E-state index < -0.39 is 50.1 Å². The standard InChI is InChI=1S/C19H20F3N5O5S/c1-4-11(28)9-33(31,32)25-27-17(29)13-7-12(16-5-6-23-26(16)10(2)3)14(19(20,21)22)8-15(13)24-18(27)30/h5-8,10,25H,4,9H2,1-3H3,(H,24,30). The summed E-state index contributed by atoms with van der Waals surface area (Å²) in [4.78, 5) is 40.5. The number of halogens is 3. The average Bonchev–Trinajstić information content (AvgIpc) is 3.19. The highest BCUT2D eigenvalue weighted by molar-refractivity contribution is 7.93. The third-order valence-corrected chi connectivity index (χ3v) is 5.92. The van der Waals surface area contributed by atoms with Crippen LogP contribution in [0.3, 0.4) is 0 Å². The summed E-state index contributed by atoms with van der Waals surface area (Å²) in [5, 5.41) is 3.64. The number of carbonyl (C=O) groups excluding carboxylic acids is 1. The number of hydrogen-bond donors (Lipinski definition) is 2. The van der Waals surface area contributed by atoms with Crippen molar-refractivity contribution in [3.63, 3.8) is 0 Å². The Bertz CT molecular complexity index is 1450. The molecule has 0 saturated carbocycles. The van der Waals surface area contributed by atoms with E-state index in [-0.39, 0.29) is 33.8 Å². The largest absolute Gasteiger partial charge is 0.417 e. The smallest absolute Gasteiger partial charge is 0.305 e. The van der Waals surface area contributed by atoms with Gasteiger partial charge in [0.15, 0.2) is 0 Å². The number of benzene rings is 1. The Morgan fingerprint density at radius 3 is 2.48 bits per heavy atom. The van der Waals surface area contributed by atoms with E-state index in [9.17, 15) is 36.0 Å². The van der Waals surface area contributed by atoms with Gasteiger partial charge in [-0.25, -0.2) is 18.0 Å². The van der Waals surface area contributed by atoms with Crippen LogP contribution < -0.4 is 16.1 Å². The van der Waals surface area contributed by atoms with Crippen molar-refractivity contribution in [1.82, 2.24) is 19.4 Å². The molecule has 0 bridgehead atoms. The number of hydrogen-bond acceptors (Lipinski definition) is 6. The Hall–Kier alpha value is -3.42. The number of sulfonamides is 1. The number of aromatic amines is 1. The van der Waals surface area contributed by atoms with E-state index in [2.05, 4.69) is 10.1 Å². The Labute approximate surface area is 185 Å². The molecule has 33 heavy (non-hydrogen) atoms. The van der Waals surface area contributed by atoms with Crippen LogP contribution in [0.15, 0.2) is 34.0 Å². The van der Waals surface area contributed by atoms with Crippen molar-refractivity contribution in [1.29, 1.82) is 0 Å². The molecule has 0 fully saturated rings. The molecule has 178 valence electrons. The second kappa shape index (κ2) is 8.50. The van der Waals surface area contributed by atoms with Crippen molar-refractivity contribution in [3.8, 4) is 11.3 Å². The summed E-state index contributed by atoms with van der Waals surface area (Å²) >= 11 is 0. The molecule has 2 heterocycles. The molecule has 0 saturated heterocycles. The number of nitrogens with one attached hydrogen (secondary N) is 2. The minimum atomic E-state index is -4.83. The molecular weight excluding hydrogens is 467 g/mol. The molecule has 0 amide bonds. The summed E-state index contributed by atoms with van der Waals surface area (Å²) < 4.78 is 67.3. The molecule has 14 heteroatoms. The summed E-state index contributed by atoms with van der Waals surface area (Å²) in [7, 11) is -4.41. The van der Waals surface area contributed by atoms with Crippen LogP contribution in [0.1, 0.15) is 38.8 Å². The molecule has 0 atom stereocenters. The van der Waals surface area contributed by atoms with Crippen molar-refractivity contribution >= 4 is 26.7 Å². The van der Waals surface area contributed by atoms with Gasteiger partial charge in [-0.15, -0.1) is 0 Å². The number of H-pyrrole nitrogens is 1. The van der Waals surface area contributed by atoms with Crippen LogP contribution in [0.5, 0.6) is 0 Å². The van der Waals surface area contributed by atoms with Crippen LogP contribution in [0.25, 0.3) is 22.2 Å². The zero-order valence-corrected chi connectivity index (χ0v) is 18.5. The molecule has 0 aliphatic carbocycles. The van der Waals surface area contributed by atoms with E-state index in [0.717, 1.165) is 6.07 Å². The van der Waals surface area contributed by atoms with Crippen LogP contribution in [0.4, 0.5) is 13.2 Å². The van der Waals surface area contributed by atoms with Gasteiger partial charge in [0.1, 0.15) is 11.5 Å². The van der Waals surface area contributed by atoms with Crippen LogP contribution in [-0.4, -0.2) is 39.4 Å². The molecule has 2 aromatic heterocycles. The predicted octanol–water partition coefficient (Wildman–Crippen LogP) is 2.01. The number of rotatable bonds is 7. The van der Waals surface area contributed by atoms with Gasteiger partial charge in [-0.2, -0.15) is 22.9 Å². The Balaban J connectivity index is 2.29. The highest BCUT2D eigenvalue weighted by Gasteiger charge is 2.35. The van der Waals surface area contributed by atoms with Gasteiger partial charge < -0.3 is 4.98 Å². The number of carbonyl (C=O) groups is 1. The second-order valence-electron chi connectivity index (χ2n) is 7.51. The van der Waals surface area contributed by atoms with Gasteiger partial charge in [0.05, 0.1) is 22.2 Å². The van der Waals surface area contributed by atoms with Crippen molar-refractivity contribution in [2.75, 3.05) is 10.6 Å². The lowest BCUT2D eigenvalue weighted by Crippen LogP contribution is -2.44. The zero-order chi connectivity index (χ0) is 24.7. The minimum Gasteiger partial charge on any atom is -0.305 e. The Morgan fingerprint density at radius 2 is 1.91 bits per heavy atom. The molecule has 2 N–H and O–H groups in total. The van der Waals surface area contributed by atoms with Gasteiger partial charge in [-0.3, -0.25) is 14.3 Å². The summed E-state index contributed by atoms with van der Waals surface area (Å²) in [6.45, 7) is 4.86. The Kier molecular flexibility index (Phi) is 6.24. The lowest BCUT2D eigenvalue weighted by Gasteiger charge is -2.17. The molecule has 1 aromatic carbocycles. The molecule has 0 spiro atoms. The summed E-state index contributed by atoms with van der Waals surface area (Å²) in [5.41, 5.74) is -4.36. The molecule has 0 aliphatic rings. The predicted molar refractivity (Wildman–Crippen MR) is 114 cm³/mol. The number of Topliss-reactive ketones (excluding diaryl/α,β-unsaturated/α-hetero) is 1. The molecule has 3 aromatic rings. The van der Waals surface area contributed by atoms with Gasteiger partial charge in [-0.1, -0.05) is 6.92 Å². The van der Waals surface area contributed by atoms with Gasteiger partial charge in [-0.05, 0) is 32.0 Å². The number of aromatic nitrogens is 4. The summed E-state index contributed by atoms with van der Waals surface area (Å²) in [6.07, 6.45) is -3.61. The first-order chi connectivity index (χ1) is 15.2. The molecule has 0 radical (unpaired) electrons. The van der Waals surface area contributed by atoms with E-state index >= 15 is 0 Å². The van der Waals surface area contributed by atoms with E-state index in [1.165, 1.54) is 23.9 Å². The van der Waals surface area contributed by atoms with Crippen LogP contribution in [0, 0.1) is 0 Å². The van der Waals surface area contributed by atoms with Crippen LogP contribution in [0.2, 0.25) is 0 Å². The maximum absolute atomic E-state index is 13.8. The maximum atomic E-state index is 13.8. The molecule has 3 rings (SSSR count). The van der Waals surface area contributed by atoms with Gasteiger partial charge in [0.2, 0.25) is 0 Å². The highest BCUT2D eigenvalue weighted by atomic mass is 32.2. The minimum absolute atomic E-state index is 0.0745. The fourth-order valence-corrected chi connectivity index (χ4v) is 4.35. The third kappa shape index (κ3) is 4.84. The number of fused-ring (bicyclic) bond motifs is 1. The number of alkyl halides is 3. The summed E-state index contributed by atoms with van der Waals surface area (Å²) in [6, 6.07) is 2.58. The fourth-order valence-electron chi connectivity index (χ4n) is 3.22. The van der Waals surface area contributed by atoms with Crippen molar-refractivity contribution in [2.24, 2.45) is 0 Å². The number of nitrogens with zero attached hydrogens (tertiary/aromatic N) is 3. The first-order valence-electron chi connectivity index (χ1n) is 9.71. The van der Waals surface area contributed by atoms with Crippen LogP contribution in [-0.2, 0) is 21.0 Å². The average molecular weight is 487 g/mol. The molecule has 0 aliphatic heterocycles. The van der Waals surface area contributed by atoms with Crippen molar-refractivity contribution < 1.29 is 26.4 Å². The lowest BCUT2D eigenvalue weighted by molar-refractivity contribution is -0.137. The molecule has 10 nitrogen and oxygen atoms in total. The van der Waals surface area contributed by atoms with E-state index in [0.29, 0.717) is 6.07 Å².